The molecule has 20 heavy (non-hydrogen) atoms. The number of hydrogen-bond acceptors (Lipinski definition) is 3. The van der Waals surface area contributed by atoms with Crippen molar-refractivity contribution in [1.29, 1.82) is 0 Å². The van der Waals surface area contributed by atoms with Crippen molar-refractivity contribution in [2.24, 2.45) is 0 Å². The maximum atomic E-state index is 12.9. The Morgan fingerprint density at radius 2 is 2.05 bits per heavy atom. The van der Waals surface area contributed by atoms with Crippen LogP contribution in [0.25, 0.3) is 0 Å². The van der Waals surface area contributed by atoms with E-state index in [9.17, 15) is 9.50 Å². The van der Waals surface area contributed by atoms with Crippen LogP contribution in [0.5, 0.6) is 0 Å². The molecule has 0 amide bonds. The fourth-order valence-electron chi connectivity index (χ4n) is 2.92. The van der Waals surface area contributed by atoms with Gasteiger partial charge in [-0.05, 0) is 49.8 Å². The average molecular weight is 297 g/mol. The summed E-state index contributed by atoms with van der Waals surface area (Å²) < 4.78 is 12.9. The van der Waals surface area contributed by atoms with Gasteiger partial charge in [0, 0.05) is 17.8 Å². The Morgan fingerprint density at radius 3 is 2.70 bits per heavy atom. The van der Waals surface area contributed by atoms with Crippen LogP contribution in [0.3, 0.4) is 0 Å². The van der Waals surface area contributed by atoms with Gasteiger partial charge in [0.05, 0.1) is 6.10 Å². The molecule has 0 radical (unpaired) electrons. The third-order valence-corrected chi connectivity index (χ3v) is 5.33. The van der Waals surface area contributed by atoms with E-state index >= 15 is 0 Å². The van der Waals surface area contributed by atoms with Crippen LogP contribution >= 0.6 is 11.8 Å². The van der Waals surface area contributed by atoms with Crippen LogP contribution in [-0.2, 0) is 0 Å². The van der Waals surface area contributed by atoms with Gasteiger partial charge in [-0.25, -0.2) is 4.39 Å². The third-order valence-electron chi connectivity index (χ3n) is 4.10. The first-order valence-electron chi connectivity index (χ1n) is 7.35. The molecule has 4 heteroatoms. The van der Waals surface area contributed by atoms with Crippen molar-refractivity contribution in [2.75, 3.05) is 19.3 Å². The molecule has 0 aliphatic heterocycles. The molecule has 1 aromatic rings. The second-order valence-electron chi connectivity index (χ2n) is 5.55. The van der Waals surface area contributed by atoms with E-state index in [-0.39, 0.29) is 5.82 Å². The molecule has 2 rings (SSSR count). The van der Waals surface area contributed by atoms with Gasteiger partial charge >= 0.3 is 0 Å². The molecule has 3 unspecified atom stereocenters. The highest BCUT2D eigenvalue weighted by Crippen LogP contribution is 2.32. The normalized spacial score (nSPS) is 24.2. The molecule has 0 aromatic heterocycles. The first-order valence-corrected chi connectivity index (χ1v) is 8.40. The van der Waals surface area contributed by atoms with Crippen molar-refractivity contribution in [3.63, 3.8) is 0 Å². The summed E-state index contributed by atoms with van der Waals surface area (Å²) in [5.74, 6) is 0.920. The maximum absolute atomic E-state index is 12.9. The van der Waals surface area contributed by atoms with Gasteiger partial charge < -0.3 is 10.0 Å². The van der Waals surface area contributed by atoms with Gasteiger partial charge in [0.2, 0.25) is 0 Å². The molecule has 0 saturated heterocycles. The summed E-state index contributed by atoms with van der Waals surface area (Å²) in [5.41, 5.74) is 0.788. The highest BCUT2D eigenvalue weighted by Gasteiger charge is 2.28. The molecular weight excluding hydrogens is 273 g/mol. The Morgan fingerprint density at radius 1 is 1.35 bits per heavy atom. The van der Waals surface area contributed by atoms with Crippen LogP contribution in [0.15, 0.2) is 24.3 Å². The molecule has 1 aliphatic carbocycles. The zero-order valence-electron chi connectivity index (χ0n) is 12.3. The van der Waals surface area contributed by atoms with E-state index in [0.717, 1.165) is 10.8 Å². The van der Waals surface area contributed by atoms with Crippen LogP contribution in [0.2, 0.25) is 0 Å². The van der Waals surface area contributed by atoms with Crippen molar-refractivity contribution in [3.05, 3.63) is 35.6 Å². The lowest BCUT2D eigenvalue weighted by Crippen LogP contribution is -2.33. The second-order valence-corrected chi connectivity index (χ2v) is 7.13. The van der Waals surface area contributed by atoms with Gasteiger partial charge in [0.1, 0.15) is 5.82 Å². The topological polar surface area (TPSA) is 23.5 Å². The van der Waals surface area contributed by atoms with Gasteiger partial charge in [-0.2, -0.15) is 11.8 Å². The SMILES string of the molecule is CCSC1CCC(N(C)CC(O)c2ccc(F)cc2)C1. The number of rotatable bonds is 6. The Balaban J connectivity index is 1.85. The first kappa shape index (κ1) is 15.8. The van der Waals surface area contributed by atoms with Gasteiger partial charge in [0.25, 0.3) is 0 Å². The van der Waals surface area contributed by atoms with Crippen LogP contribution < -0.4 is 0 Å². The fourth-order valence-corrected chi connectivity index (χ4v) is 4.05. The lowest BCUT2D eigenvalue weighted by atomic mass is 10.1. The van der Waals surface area contributed by atoms with Crippen LogP contribution in [0.1, 0.15) is 37.9 Å². The molecule has 1 fully saturated rings. The number of aliphatic hydroxyl groups is 1. The van der Waals surface area contributed by atoms with E-state index in [0.29, 0.717) is 12.6 Å². The standard InChI is InChI=1S/C16H24FNOS/c1-3-20-15-9-8-14(10-15)18(2)11-16(19)12-4-6-13(17)7-5-12/h4-7,14-16,19H,3,8-11H2,1-2H3. The zero-order chi connectivity index (χ0) is 14.5. The number of halogens is 1. The van der Waals surface area contributed by atoms with Crippen LogP contribution in [0.4, 0.5) is 4.39 Å². The van der Waals surface area contributed by atoms with E-state index in [4.69, 9.17) is 0 Å². The summed E-state index contributed by atoms with van der Waals surface area (Å²) in [6.07, 6.45) is 3.16. The smallest absolute Gasteiger partial charge is 0.123 e. The van der Waals surface area contributed by atoms with Crippen LogP contribution in [-0.4, -0.2) is 40.6 Å². The second kappa shape index (κ2) is 7.43. The Hall–Kier alpha value is -0.580. The average Bonchev–Trinajstić information content (AvgIpc) is 2.88. The predicted octanol–water partition coefficient (Wildman–Crippen LogP) is 3.47. The Kier molecular flexibility index (Phi) is 5.87. The summed E-state index contributed by atoms with van der Waals surface area (Å²) in [6.45, 7) is 2.82. The molecule has 0 spiro atoms. The molecule has 3 atom stereocenters. The zero-order valence-corrected chi connectivity index (χ0v) is 13.1. The molecule has 0 bridgehead atoms. The number of likely N-dealkylation sites (N-methyl/N-ethyl adjacent to an activating group) is 1. The van der Waals surface area contributed by atoms with E-state index in [2.05, 4.69) is 18.9 Å². The first-order chi connectivity index (χ1) is 9.60. The predicted molar refractivity (Wildman–Crippen MR) is 83.5 cm³/mol. The lowest BCUT2D eigenvalue weighted by molar-refractivity contribution is 0.105. The molecule has 0 heterocycles. The van der Waals surface area contributed by atoms with Crippen molar-refractivity contribution >= 4 is 11.8 Å². The number of thioether (sulfide) groups is 1. The van der Waals surface area contributed by atoms with Crippen molar-refractivity contribution in [2.45, 2.75) is 43.6 Å². The van der Waals surface area contributed by atoms with Crippen molar-refractivity contribution in [1.82, 2.24) is 4.90 Å². The van der Waals surface area contributed by atoms with Gasteiger partial charge in [-0.3, -0.25) is 0 Å². The van der Waals surface area contributed by atoms with Gasteiger partial charge in [-0.1, -0.05) is 19.1 Å². The molecule has 1 saturated carbocycles. The molecular formula is C16H24FNOS. The monoisotopic (exact) mass is 297 g/mol. The number of hydrogen-bond donors (Lipinski definition) is 1. The summed E-state index contributed by atoms with van der Waals surface area (Å²) in [7, 11) is 2.08. The highest BCUT2D eigenvalue weighted by atomic mass is 32.2. The molecule has 2 nitrogen and oxygen atoms in total. The van der Waals surface area contributed by atoms with Gasteiger partial charge in [-0.15, -0.1) is 0 Å². The van der Waals surface area contributed by atoms with Crippen LogP contribution in [0, 0.1) is 5.82 Å². The number of benzene rings is 1. The number of aliphatic hydroxyl groups excluding tert-OH is 1. The minimum Gasteiger partial charge on any atom is -0.387 e. The number of nitrogens with zero attached hydrogens (tertiary/aromatic N) is 1. The van der Waals surface area contributed by atoms with Gasteiger partial charge in [0.15, 0.2) is 0 Å². The van der Waals surface area contributed by atoms with Crippen molar-refractivity contribution < 1.29 is 9.50 Å². The van der Waals surface area contributed by atoms with E-state index in [1.165, 1.54) is 37.1 Å². The largest absolute Gasteiger partial charge is 0.387 e. The minimum absolute atomic E-state index is 0.260. The molecule has 1 aliphatic rings. The molecule has 112 valence electrons. The summed E-state index contributed by atoms with van der Waals surface area (Å²) in [6, 6.07) is 6.70. The van der Waals surface area contributed by atoms with Crippen molar-refractivity contribution in [3.8, 4) is 0 Å². The highest BCUT2D eigenvalue weighted by molar-refractivity contribution is 7.99. The lowest BCUT2D eigenvalue weighted by Gasteiger charge is -2.27. The molecule has 1 N–H and O–H groups in total. The maximum Gasteiger partial charge on any atom is 0.123 e. The Bertz CT molecular complexity index is 411. The van der Waals surface area contributed by atoms with E-state index in [1.807, 2.05) is 11.8 Å². The minimum atomic E-state index is -0.543. The molecule has 1 aromatic carbocycles. The summed E-state index contributed by atoms with van der Waals surface area (Å²) >= 11 is 2.05. The van der Waals surface area contributed by atoms with E-state index < -0.39 is 6.10 Å². The fraction of sp³-hybridized carbons (Fsp3) is 0.625. The quantitative estimate of drug-likeness (QED) is 0.870. The third kappa shape index (κ3) is 4.21. The van der Waals surface area contributed by atoms with E-state index in [1.54, 1.807) is 12.1 Å². The summed E-state index contributed by atoms with van der Waals surface area (Å²) in [5, 5.41) is 11.0. The summed E-state index contributed by atoms with van der Waals surface area (Å²) in [4.78, 5) is 2.25. The Labute approximate surface area is 125 Å².